The molecule has 160 valence electrons. The minimum atomic E-state index is -0.221. The predicted molar refractivity (Wildman–Crippen MR) is 122 cm³/mol. The van der Waals surface area contributed by atoms with Crippen molar-refractivity contribution in [2.75, 3.05) is 33.2 Å². The van der Waals surface area contributed by atoms with Gasteiger partial charge in [0, 0.05) is 63.1 Å². The van der Waals surface area contributed by atoms with Crippen molar-refractivity contribution in [3.63, 3.8) is 0 Å². The summed E-state index contributed by atoms with van der Waals surface area (Å²) in [6, 6.07) is 9.61. The number of hydrogen-bond acceptors (Lipinski definition) is 5. The molecule has 1 aliphatic heterocycles. The van der Waals surface area contributed by atoms with Crippen LogP contribution in [0.3, 0.4) is 0 Å². The molecule has 0 bridgehead atoms. The van der Waals surface area contributed by atoms with Gasteiger partial charge in [-0.2, -0.15) is 0 Å². The Morgan fingerprint density at radius 2 is 2.03 bits per heavy atom. The van der Waals surface area contributed by atoms with Gasteiger partial charge in [0.2, 0.25) is 0 Å². The summed E-state index contributed by atoms with van der Waals surface area (Å²) in [7, 11) is 2.16. The summed E-state index contributed by atoms with van der Waals surface area (Å²) in [5.41, 5.74) is 3.72. The van der Waals surface area contributed by atoms with E-state index < -0.39 is 0 Å². The number of pyridine rings is 1. The second-order valence-electron chi connectivity index (χ2n) is 8.14. The number of fused-ring (bicyclic) bond motifs is 1. The molecule has 3 heterocycles. The average molecular weight is 417 g/mol. The largest absolute Gasteiger partial charge is 0.346 e. The first-order valence-corrected chi connectivity index (χ1v) is 10.7. The van der Waals surface area contributed by atoms with Crippen LogP contribution < -0.4 is 5.32 Å². The Balaban J connectivity index is 1.30. The first-order valence-electron chi connectivity index (χ1n) is 10.7. The minimum Gasteiger partial charge on any atom is -0.346 e. The molecule has 0 radical (unpaired) electrons. The maximum absolute atomic E-state index is 12.4. The molecule has 2 N–H and O–H groups in total. The van der Waals surface area contributed by atoms with Crippen LogP contribution in [0.15, 0.2) is 42.7 Å². The van der Waals surface area contributed by atoms with Gasteiger partial charge in [0.15, 0.2) is 5.82 Å². The summed E-state index contributed by atoms with van der Waals surface area (Å²) in [5.74, 6) is 6.45. The van der Waals surface area contributed by atoms with Gasteiger partial charge in [-0.1, -0.05) is 24.0 Å². The van der Waals surface area contributed by atoms with Crippen molar-refractivity contribution in [3.05, 3.63) is 59.7 Å². The first-order chi connectivity index (χ1) is 15.1. The fourth-order valence-electron chi connectivity index (χ4n) is 3.62. The van der Waals surface area contributed by atoms with E-state index in [0.717, 1.165) is 49.3 Å². The molecule has 7 heteroatoms. The van der Waals surface area contributed by atoms with Gasteiger partial charge >= 0.3 is 0 Å². The molecule has 1 fully saturated rings. The van der Waals surface area contributed by atoms with Crippen molar-refractivity contribution >= 4 is 16.9 Å². The second-order valence-corrected chi connectivity index (χ2v) is 8.14. The molecule has 0 aliphatic carbocycles. The van der Waals surface area contributed by atoms with E-state index in [1.54, 1.807) is 6.20 Å². The lowest BCUT2D eigenvalue weighted by molar-refractivity contribution is 0.0931. The molecule has 0 unspecified atom stereocenters. The number of imidazole rings is 1. The molecule has 31 heavy (non-hydrogen) atoms. The van der Waals surface area contributed by atoms with Crippen LogP contribution >= 0.6 is 0 Å². The van der Waals surface area contributed by atoms with E-state index in [4.69, 9.17) is 0 Å². The minimum absolute atomic E-state index is 0.0882. The highest BCUT2D eigenvalue weighted by molar-refractivity contribution is 5.94. The van der Waals surface area contributed by atoms with Crippen LogP contribution in [0.4, 0.5) is 0 Å². The molecule has 1 atom stereocenters. The smallest absolute Gasteiger partial charge is 0.287 e. The average Bonchev–Trinajstić information content (AvgIpc) is 3.20. The third kappa shape index (κ3) is 5.69. The normalized spacial score (nSPS) is 15.9. The molecule has 0 spiro atoms. The Kier molecular flexibility index (Phi) is 6.60. The van der Waals surface area contributed by atoms with Gasteiger partial charge < -0.3 is 15.2 Å². The van der Waals surface area contributed by atoms with Crippen LogP contribution in [0.1, 0.15) is 35.1 Å². The maximum Gasteiger partial charge on any atom is 0.287 e. The third-order valence-electron chi connectivity index (χ3n) is 5.42. The summed E-state index contributed by atoms with van der Waals surface area (Å²) in [4.78, 5) is 29.0. The molecule has 3 aromatic rings. The Bertz CT molecular complexity index is 1070. The van der Waals surface area contributed by atoms with Gasteiger partial charge in [0.05, 0.1) is 11.0 Å². The third-order valence-corrected chi connectivity index (χ3v) is 5.42. The van der Waals surface area contributed by atoms with Crippen molar-refractivity contribution in [1.82, 2.24) is 30.1 Å². The highest BCUT2D eigenvalue weighted by atomic mass is 16.2. The number of amides is 1. The number of aromatic amines is 1. The molecular formula is C24H28N6O. The topological polar surface area (TPSA) is 77.2 Å². The van der Waals surface area contributed by atoms with Crippen LogP contribution in [-0.4, -0.2) is 69.9 Å². The first kappa shape index (κ1) is 21.0. The Morgan fingerprint density at radius 1 is 1.23 bits per heavy atom. The van der Waals surface area contributed by atoms with Gasteiger partial charge in [-0.05, 0) is 37.7 Å². The molecule has 1 saturated heterocycles. The van der Waals surface area contributed by atoms with Crippen LogP contribution in [0, 0.1) is 11.8 Å². The van der Waals surface area contributed by atoms with Gasteiger partial charge in [0.1, 0.15) is 0 Å². The van der Waals surface area contributed by atoms with E-state index in [1.807, 2.05) is 37.4 Å². The summed E-state index contributed by atoms with van der Waals surface area (Å²) >= 11 is 0. The van der Waals surface area contributed by atoms with Crippen LogP contribution in [0.5, 0.6) is 0 Å². The quantitative estimate of drug-likeness (QED) is 0.624. The van der Waals surface area contributed by atoms with Gasteiger partial charge in [-0.15, -0.1) is 0 Å². The van der Waals surface area contributed by atoms with E-state index >= 15 is 0 Å². The van der Waals surface area contributed by atoms with E-state index in [1.165, 1.54) is 5.56 Å². The van der Waals surface area contributed by atoms with Crippen LogP contribution in [0.2, 0.25) is 0 Å². The molecule has 4 rings (SSSR count). The number of carbonyl (C=O) groups is 1. The second kappa shape index (κ2) is 9.73. The zero-order chi connectivity index (χ0) is 21.6. The molecule has 7 nitrogen and oxygen atoms in total. The molecular weight excluding hydrogens is 388 g/mol. The number of nitrogens with zero attached hydrogens (tertiary/aromatic N) is 4. The number of para-hydroxylation sites is 2. The maximum atomic E-state index is 12.4. The summed E-state index contributed by atoms with van der Waals surface area (Å²) in [6.45, 7) is 7.20. The van der Waals surface area contributed by atoms with E-state index in [-0.39, 0.29) is 11.9 Å². The van der Waals surface area contributed by atoms with Crippen molar-refractivity contribution in [3.8, 4) is 11.8 Å². The summed E-state index contributed by atoms with van der Waals surface area (Å²) < 4.78 is 0. The standard InChI is InChI=1S/C24H28N6O/c1-18(26-24(31)23-27-21-8-3-4-9-22(21)28-23)6-5-7-19-14-20(16-25-15-19)17-30-12-10-29(2)11-13-30/h3-4,8-9,14-16,18H,6,10-13,17H2,1-2H3,(H,26,31)(H,27,28)/t18-/m0/s1. The van der Waals surface area contributed by atoms with Crippen molar-refractivity contribution in [1.29, 1.82) is 0 Å². The molecule has 1 aliphatic rings. The fraction of sp³-hybridized carbons (Fsp3) is 0.375. The summed E-state index contributed by atoms with van der Waals surface area (Å²) in [5, 5.41) is 2.95. The zero-order valence-corrected chi connectivity index (χ0v) is 18.1. The number of H-pyrrole nitrogens is 1. The van der Waals surface area contributed by atoms with Crippen molar-refractivity contribution in [2.24, 2.45) is 0 Å². The number of hydrogen-bond donors (Lipinski definition) is 2. The lowest BCUT2D eigenvalue weighted by Gasteiger charge is -2.32. The predicted octanol–water partition coefficient (Wildman–Crippen LogP) is 2.27. The Morgan fingerprint density at radius 3 is 2.84 bits per heavy atom. The Hall–Kier alpha value is -3.21. The number of likely N-dealkylation sites (N-methyl/N-ethyl adjacent to an activating group) is 1. The van der Waals surface area contributed by atoms with Gasteiger partial charge in [-0.3, -0.25) is 14.7 Å². The van der Waals surface area contributed by atoms with Crippen LogP contribution in [0.25, 0.3) is 11.0 Å². The van der Waals surface area contributed by atoms with E-state index in [9.17, 15) is 4.79 Å². The van der Waals surface area contributed by atoms with Crippen molar-refractivity contribution in [2.45, 2.75) is 25.9 Å². The van der Waals surface area contributed by atoms with Crippen molar-refractivity contribution < 1.29 is 4.79 Å². The Labute approximate surface area is 182 Å². The van der Waals surface area contributed by atoms with Crippen LogP contribution in [-0.2, 0) is 6.54 Å². The fourth-order valence-corrected chi connectivity index (χ4v) is 3.62. The molecule has 2 aromatic heterocycles. The lowest BCUT2D eigenvalue weighted by Crippen LogP contribution is -2.43. The van der Waals surface area contributed by atoms with Gasteiger partial charge in [-0.25, -0.2) is 4.98 Å². The van der Waals surface area contributed by atoms with E-state index in [0.29, 0.717) is 12.2 Å². The number of carbonyl (C=O) groups excluding carboxylic acids is 1. The lowest BCUT2D eigenvalue weighted by atomic mass is 10.1. The summed E-state index contributed by atoms with van der Waals surface area (Å²) in [6.07, 6.45) is 4.26. The zero-order valence-electron chi connectivity index (χ0n) is 18.1. The molecule has 1 aromatic carbocycles. The monoisotopic (exact) mass is 416 g/mol. The highest BCUT2D eigenvalue weighted by Crippen LogP contribution is 2.11. The number of rotatable bonds is 5. The number of nitrogens with one attached hydrogen (secondary N) is 2. The van der Waals surface area contributed by atoms with Gasteiger partial charge in [0.25, 0.3) is 5.91 Å². The number of benzene rings is 1. The van der Waals surface area contributed by atoms with E-state index in [2.05, 4.69) is 55.0 Å². The number of aromatic nitrogens is 3. The SMILES string of the molecule is C[C@@H](CC#Cc1cncc(CN2CCN(C)CC2)c1)NC(=O)c1nc2ccccc2[nH]1. The molecule has 0 saturated carbocycles. The highest BCUT2D eigenvalue weighted by Gasteiger charge is 2.14. The molecule has 1 amide bonds. The number of piperazine rings is 1.